The molecular formula is C18H16O5S. The Bertz CT molecular complexity index is 961. The van der Waals surface area contributed by atoms with E-state index in [1.165, 1.54) is 0 Å². The standard InChI is InChI=1S/C18H16O5S/c1-3-21-18(20)13-9-11(24-22-4-2)10-15-16(13)17(19)12-7-5-6-8-14(12)23-15/h5-10H,3-4H2,1-2H3. The molecule has 0 saturated carbocycles. The number of benzene rings is 2. The fourth-order valence-electron chi connectivity index (χ4n) is 2.45. The molecule has 0 aliphatic carbocycles. The highest BCUT2D eigenvalue weighted by atomic mass is 32.2. The van der Waals surface area contributed by atoms with Crippen LogP contribution in [0.2, 0.25) is 0 Å². The molecule has 0 saturated heterocycles. The van der Waals surface area contributed by atoms with Gasteiger partial charge in [0.2, 0.25) is 5.43 Å². The number of fused-ring (bicyclic) bond motifs is 2. The number of para-hydroxylation sites is 1. The molecule has 0 fully saturated rings. The summed E-state index contributed by atoms with van der Waals surface area (Å²) in [6.45, 7) is 4.33. The predicted molar refractivity (Wildman–Crippen MR) is 93.4 cm³/mol. The Balaban J connectivity index is 2.33. The lowest BCUT2D eigenvalue weighted by molar-refractivity contribution is 0.0528. The van der Waals surface area contributed by atoms with Crippen molar-refractivity contribution in [3.05, 3.63) is 52.2 Å². The first-order valence-electron chi connectivity index (χ1n) is 7.62. The van der Waals surface area contributed by atoms with Gasteiger partial charge in [0.1, 0.15) is 11.2 Å². The van der Waals surface area contributed by atoms with Crippen LogP contribution in [0.25, 0.3) is 21.9 Å². The topological polar surface area (TPSA) is 65.7 Å². The zero-order valence-electron chi connectivity index (χ0n) is 13.3. The van der Waals surface area contributed by atoms with Gasteiger partial charge in [-0.15, -0.1) is 0 Å². The average Bonchev–Trinajstić information content (AvgIpc) is 2.59. The van der Waals surface area contributed by atoms with Crippen molar-refractivity contribution in [3.8, 4) is 0 Å². The van der Waals surface area contributed by atoms with Crippen LogP contribution >= 0.6 is 12.0 Å². The molecule has 3 aromatic rings. The van der Waals surface area contributed by atoms with E-state index in [0.717, 1.165) is 12.0 Å². The van der Waals surface area contributed by atoms with Crippen molar-refractivity contribution in [2.24, 2.45) is 0 Å². The van der Waals surface area contributed by atoms with Crippen molar-refractivity contribution in [3.63, 3.8) is 0 Å². The molecule has 0 N–H and O–H groups in total. The summed E-state index contributed by atoms with van der Waals surface area (Å²) < 4.78 is 16.3. The Morgan fingerprint density at radius 1 is 1.12 bits per heavy atom. The second kappa shape index (κ2) is 7.07. The number of hydrogen-bond donors (Lipinski definition) is 0. The van der Waals surface area contributed by atoms with Gasteiger partial charge in [-0.2, -0.15) is 0 Å². The van der Waals surface area contributed by atoms with Gasteiger partial charge in [-0.3, -0.25) is 4.79 Å². The van der Waals surface area contributed by atoms with E-state index in [4.69, 9.17) is 13.3 Å². The minimum Gasteiger partial charge on any atom is -0.462 e. The monoisotopic (exact) mass is 344 g/mol. The summed E-state index contributed by atoms with van der Waals surface area (Å²) in [5.74, 6) is -0.552. The molecule has 0 spiro atoms. The van der Waals surface area contributed by atoms with E-state index in [1.807, 2.05) is 6.92 Å². The lowest BCUT2D eigenvalue weighted by Gasteiger charge is -2.09. The van der Waals surface area contributed by atoms with Crippen LogP contribution in [0.15, 0.2) is 50.5 Å². The highest BCUT2D eigenvalue weighted by Gasteiger charge is 2.19. The zero-order chi connectivity index (χ0) is 17.1. The third kappa shape index (κ3) is 3.02. The van der Waals surface area contributed by atoms with Crippen LogP contribution in [0.1, 0.15) is 24.2 Å². The number of esters is 1. The Morgan fingerprint density at radius 3 is 2.67 bits per heavy atom. The molecule has 1 aromatic heterocycles. The van der Waals surface area contributed by atoms with Crippen LogP contribution < -0.4 is 5.43 Å². The molecule has 0 unspecified atom stereocenters. The molecule has 0 atom stereocenters. The summed E-state index contributed by atoms with van der Waals surface area (Å²) in [6.07, 6.45) is 0. The zero-order valence-corrected chi connectivity index (χ0v) is 14.1. The number of hydrogen-bond acceptors (Lipinski definition) is 6. The van der Waals surface area contributed by atoms with E-state index in [-0.39, 0.29) is 23.0 Å². The molecule has 3 rings (SSSR count). The van der Waals surface area contributed by atoms with Crippen LogP contribution in [0.5, 0.6) is 0 Å². The average molecular weight is 344 g/mol. The molecule has 0 aliphatic heterocycles. The summed E-state index contributed by atoms with van der Waals surface area (Å²) in [5, 5.41) is 0.661. The van der Waals surface area contributed by atoms with Crippen LogP contribution in [0.3, 0.4) is 0 Å². The van der Waals surface area contributed by atoms with Gasteiger partial charge in [-0.05, 0) is 38.1 Å². The lowest BCUT2D eigenvalue weighted by atomic mass is 10.1. The highest BCUT2D eigenvalue weighted by Crippen LogP contribution is 2.29. The van der Waals surface area contributed by atoms with E-state index in [1.54, 1.807) is 43.3 Å². The third-order valence-electron chi connectivity index (χ3n) is 3.42. The molecule has 1 heterocycles. The molecule has 0 aliphatic rings. The molecular weight excluding hydrogens is 328 g/mol. The van der Waals surface area contributed by atoms with Crippen molar-refractivity contribution >= 4 is 40.0 Å². The molecule has 0 bridgehead atoms. The smallest absolute Gasteiger partial charge is 0.339 e. The Hall–Kier alpha value is -2.31. The van der Waals surface area contributed by atoms with Gasteiger partial charge in [0.25, 0.3) is 0 Å². The van der Waals surface area contributed by atoms with Gasteiger partial charge in [0, 0.05) is 16.9 Å². The summed E-state index contributed by atoms with van der Waals surface area (Å²) in [4.78, 5) is 25.8. The third-order valence-corrected chi connectivity index (χ3v) is 4.20. The second-order valence-electron chi connectivity index (χ2n) is 4.98. The van der Waals surface area contributed by atoms with Gasteiger partial charge in [0.15, 0.2) is 0 Å². The normalized spacial score (nSPS) is 11.1. The van der Waals surface area contributed by atoms with E-state index in [0.29, 0.717) is 28.1 Å². The van der Waals surface area contributed by atoms with Gasteiger partial charge >= 0.3 is 5.97 Å². The maximum absolute atomic E-state index is 12.8. The Morgan fingerprint density at radius 2 is 1.92 bits per heavy atom. The van der Waals surface area contributed by atoms with E-state index < -0.39 is 5.97 Å². The number of ether oxygens (including phenoxy) is 1. The summed E-state index contributed by atoms with van der Waals surface area (Å²) in [7, 11) is 0. The number of carbonyl (C=O) groups excluding carboxylic acids is 1. The summed E-state index contributed by atoms with van der Waals surface area (Å²) in [5.41, 5.74) is 0.758. The SMILES string of the molecule is CCOSc1cc(C(=O)OCC)c2c(=O)c3ccccc3oc2c1. The molecule has 0 amide bonds. The van der Waals surface area contributed by atoms with Gasteiger partial charge in [0.05, 0.1) is 29.5 Å². The minimum atomic E-state index is -0.552. The Labute approximate surface area is 142 Å². The molecule has 6 heteroatoms. The maximum Gasteiger partial charge on any atom is 0.339 e. The van der Waals surface area contributed by atoms with Crippen molar-refractivity contribution in [2.75, 3.05) is 13.2 Å². The minimum absolute atomic E-state index is 0.191. The first-order chi connectivity index (χ1) is 11.7. The Kier molecular flexibility index (Phi) is 4.87. The number of carbonyl (C=O) groups is 1. The summed E-state index contributed by atoms with van der Waals surface area (Å²) >= 11 is 1.13. The fourth-order valence-corrected chi connectivity index (χ4v) is 3.02. The van der Waals surface area contributed by atoms with Crippen LogP contribution in [-0.2, 0) is 8.92 Å². The van der Waals surface area contributed by atoms with Crippen molar-refractivity contribution < 1.29 is 18.1 Å². The lowest BCUT2D eigenvalue weighted by Crippen LogP contribution is -2.12. The molecule has 24 heavy (non-hydrogen) atoms. The largest absolute Gasteiger partial charge is 0.462 e. The second-order valence-corrected chi connectivity index (χ2v) is 5.86. The van der Waals surface area contributed by atoms with Crippen LogP contribution in [0.4, 0.5) is 0 Å². The molecule has 5 nitrogen and oxygen atoms in total. The van der Waals surface area contributed by atoms with Crippen molar-refractivity contribution in [1.82, 2.24) is 0 Å². The van der Waals surface area contributed by atoms with Crippen LogP contribution in [-0.4, -0.2) is 19.2 Å². The fraction of sp³-hybridized carbons (Fsp3) is 0.222. The van der Waals surface area contributed by atoms with Gasteiger partial charge < -0.3 is 13.3 Å². The van der Waals surface area contributed by atoms with Crippen molar-refractivity contribution in [1.29, 1.82) is 0 Å². The first-order valence-corrected chi connectivity index (χ1v) is 8.36. The van der Waals surface area contributed by atoms with Crippen molar-refractivity contribution in [2.45, 2.75) is 18.7 Å². The first kappa shape index (κ1) is 16.5. The van der Waals surface area contributed by atoms with E-state index in [2.05, 4.69) is 0 Å². The van der Waals surface area contributed by atoms with E-state index in [9.17, 15) is 9.59 Å². The van der Waals surface area contributed by atoms with Gasteiger partial charge in [-0.25, -0.2) is 4.79 Å². The summed E-state index contributed by atoms with van der Waals surface area (Å²) in [6, 6.07) is 10.3. The maximum atomic E-state index is 12.8. The quantitative estimate of drug-likeness (QED) is 0.393. The predicted octanol–water partition coefficient (Wildman–Crippen LogP) is 4.17. The highest BCUT2D eigenvalue weighted by molar-refractivity contribution is 7.94. The van der Waals surface area contributed by atoms with E-state index >= 15 is 0 Å². The molecule has 2 aromatic carbocycles. The van der Waals surface area contributed by atoms with Gasteiger partial charge in [-0.1, -0.05) is 12.1 Å². The molecule has 124 valence electrons. The van der Waals surface area contributed by atoms with Crippen LogP contribution in [0, 0.1) is 0 Å². The molecule has 0 radical (unpaired) electrons. The number of rotatable bonds is 5.